The fourth-order valence-corrected chi connectivity index (χ4v) is 2.37. The molecule has 0 radical (unpaired) electrons. The normalized spacial score (nSPS) is 9.80. The number of benzene rings is 1. The number of hydrogen-bond donors (Lipinski definition) is 0. The van der Waals surface area contributed by atoms with E-state index in [4.69, 9.17) is 9.47 Å². The monoisotopic (exact) mass is 317 g/mol. The molecule has 0 heterocycles. The Balaban J connectivity index is 3.14. The summed E-state index contributed by atoms with van der Waals surface area (Å²) in [5.74, 6) is -0.282. The lowest BCUT2D eigenvalue weighted by atomic mass is 10.2. The first kappa shape index (κ1) is 16.5. The fraction of sp³-hybridized carbons (Fsp3) is 0.333. The van der Waals surface area contributed by atoms with Crippen LogP contribution in [-0.4, -0.2) is 42.5 Å². The Morgan fingerprint density at radius 1 is 1.15 bits per heavy atom. The van der Waals surface area contributed by atoms with E-state index in [-0.39, 0.29) is 17.1 Å². The van der Waals surface area contributed by atoms with Gasteiger partial charge in [0.15, 0.2) is 11.5 Å². The third-order valence-electron chi connectivity index (χ3n) is 2.27. The van der Waals surface area contributed by atoms with E-state index in [0.717, 1.165) is 0 Å². The van der Waals surface area contributed by atoms with E-state index in [1.54, 1.807) is 24.6 Å². The SMILES string of the molecule is COC(=O)c1cccc(OC)c1OC(=O)N(SC)SC. The van der Waals surface area contributed by atoms with Crippen molar-refractivity contribution in [3.8, 4) is 11.5 Å². The third kappa shape index (κ3) is 3.73. The van der Waals surface area contributed by atoms with Gasteiger partial charge in [0.05, 0.1) is 14.2 Å². The fourth-order valence-electron chi connectivity index (χ4n) is 1.40. The van der Waals surface area contributed by atoms with E-state index in [1.165, 1.54) is 47.9 Å². The Morgan fingerprint density at radius 2 is 1.80 bits per heavy atom. The predicted octanol–water partition coefficient (Wildman–Crippen LogP) is 2.84. The Morgan fingerprint density at radius 3 is 2.30 bits per heavy atom. The molecular formula is C12H15NO5S2. The van der Waals surface area contributed by atoms with Gasteiger partial charge in [-0.25, -0.2) is 9.59 Å². The standard InChI is InChI=1S/C12H15NO5S2/c1-16-9-7-5-6-8(11(14)17-2)10(9)18-12(15)13(19-3)20-4/h5-7H,1-4H3. The number of methoxy groups -OCH3 is 2. The summed E-state index contributed by atoms with van der Waals surface area (Å²) < 4.78 is 16.4. The minimum atomic E-state index is -0.611. The molecule has 0 bridgehead atoms. The molecule has 0 N–H and O–H groups in total. The molecule has 0 aliphatic heterocycles. The van der Waals surface area contributed by atoms with Crippen molar-refractivity contribution in [2.45, 2.75) is 0 Å². The molecule has 0 aliphatic rings. The maximum Gasteiger partial charge on any atom is 0.435 e. The first-order chi connectivity index (χ1) is 9.58. The van der Waals surface area contributed by atoms with E-state index in [1.807, 2.05) is 0 Å². The van der Waals surface area contributed by atoms with Crippen LogP contribution in [0.25, 0.3) is 0 Å². The van der Waals surface area contributed by atoms with Crippen LogP contribution in [0.4, 0.5) is 4.79 Å². The summed E-state index contributed by atoms with van der Waals surface area (Å²) in [5.41, 5.74) is 0.127. The zero-order valence-corrected chi connectivity index (χ0v) is 13.2. The van der Waals surface area contributed by atoms with Crippen LogP contribution >= 0.6 is 23.9 Å². The predicted molar refractivity (Wildman–Crippen MR) is 79.2 cm³/mol. The second-order valence-electron chi connectivity index (χ2n) is 3.32. The van der Waals surface area contributed by atoms with Gasteiger partial charge in [-0.3, -0.25) is 0 Å². The van der Waals surface area contributed by atoms with Gasteiger partial charge in [-0.2, -0.15) is 3.71 Å². The molecule has 20 heavy (non-hydrogen) atoms. The van der Waals surface area contributed by atoms with Gasteiger partial charge in [-0.05, 0) is 36.0 Å². The highest BCUT2D eigenvalue weighted by Crippen LogP contribution is 2.33. The van der Waals surface area contributed by atoms with Crippen LogP contribution in [-0.2, 0) is 4.74 Å². The molecule has 0 fully saturated rings. The number of esters is 1. The molecule has 1 aromatic rings. The highest BCUT2D eigenvalue weighted by atomic mass is 32.2. The molecule has 0 saturated heterocycles. The summed E-state index contributed by atoms with van der Waals surface area (Å²) in [7, 11) is 2.68. The number of rotatable bonds is 5. The van der Waals surface area contributed by atoms with Crippen LogP contribution in [0.1, 0.15) is 10.4 Å². The second-order valence-corrected chi connectivity index (χ2v) is 5.01. The summed E-state index contributed by atoms with van der Waals surface area (Å²) in [6, 6.07) is 4.71. The summed E-state index contributed by atoms with van der Waals surface area (Å²) in [5, 5.41) is 0. The Labute approximate surface area is 126 Å². The highest BCUT2D eigenvalue weighted by Gasteiger charge is 2.23. The molecule has 110 valence electrons. The van der Waals surface area contributed by atoms with Gasteiger partial charge in [0.1, 0.15) is 5.56 Å². The van der Waals surface area contributed by atoms with E-state index < -0.39 is 12.1 Å². The first-order valence-corrected chi connectivity index (χ1v) is 7.80. The Bertz CT molecular complexity index is 491. The van der Waals surface area contributed by atoms with Gasteiger partial charge in [-0.15, -0.1) is 0 Å². The van der Waals surface area contributed by atoms with Crippen molar-refractivity contribution in [3.63, 3.8) is 0 Å². The van der Waals surface area contributed by atoms with Crippen LogP contribution in [0, 0.1) is 0 Å². The zero-order valence-electron chi connectivity index (χ0n) is 11.5. The summed E-state index contributed by atoms with van der Waals surface area (Å²) in [6.45, 7) is 0. The molecule has 0 unspecified atom stereocenters. The number of nitrogens with zero attached hydrogens (tertiary/aromatic N) is 1. The lowest BCUT2D eigenvalue weighted by Gasteiger charge is -2.17. The summed E-state index contributed by atoms with van der Waals surface area (Å²) in [4.78, 5) is 23.7. The van der Waals surface area contributed by atoms with E-state index in [2.05, 4.69) is 4.74 Å². The molecule has 0 spiro atoms. The van der Waals surface area contributed by atoms with Gasteiger partial charge in [0, 0.05) is 12.5 Å². The molecule has 0 aliphatic carbocycles. The van der Waals surface area contributed by atoms with Gasteiger partial charge >= 0.3 is 12.1 Å². The van der Waals surface area contributed by atoms with Crippen LogP contribution < -0.4 is 9.47 Å². The smallest absolute Gasteiger partial charge is 0.435 e. The van der Waals surface area contributed by atoms with Crippen molar-refractivity contribution in [1.29, 1.82) is 0 Å². The number of ether oxygens (including phenoxy) is 3. The van der Waals surface area contributed by atoms with E-state index >= 15 is 0 Å². The van der Waals surface area contributed by atoms with Crippen molar-refractivity contribution < 1.29 is 23.8 Å². The van der Waals surface area contributed by atoms with Crippen LogP contribution in [0.5, 0.6) is 11.5 Å². The molecule has 1 amide bonds. The molecule has 0 atom stereocenters. The minimum Gasteiger partial charge on any atom is -0.493 e. The van der Waals surface area contributed by atoms with Crippen molar-refractivity contribution in [3.05, 3.63) is 23.8 Å². The number of carbonyl (C=O) groups excluding carboxylic acids is 2. The molecule has 6 nitrogen and oxygen atoms in total. The summed E-state index contributed by atoms with van der Waals surface area (Å²) >= 11 is 2.39. The number of para-hydroxylation sites is 1. The molecule has 0 saturated carbocycles. The second kappa shape index (κ2) is 7.91. The molecule has 8 heteroatoms. The Kier molecular flexibility index (Phi) is 6.53. The van der Waals surface area contributed by atoms with Gasteiger partial charge in [-0.1, -0.05) is 6.07 Å². The van der Waals surface area contributed by atoms with Gasteiger partial charge in [0.2, 0.25) is 0 Å². The van der Waals surface area contributed by atoms with Gasteiger partial charge in [0.25, 0.3) is 0 Å². The average molecular weight is 317 g/mol. The number of hydrogen-bond acceptors (Lipinski definition) is 7. The maximum absolute atomic E-state index is 12.0. The van der Waals surface area contributed by atoms with Crippen LogP contribution in [0.3, 0.4) is 0 Å². The average Bonchev–Trinajstić information content (AvgIpc) is 2.47. The lowest BCUT2D eigenvalue weighted by Crippen LogP contribution is -2.22. The number of carbonyl (C=O) groups is 2. The number of amides is 1. The minimum absolute atomic E-state index is 0.0416. The van der Waals surface area contributed by atoms with Crippen molar-refractivity contribution in [1.82, 2.24) is 3.71 Å². The van der Waals surface area contributed by atoms with Crippen molar-refractivity contribution in [2.24, 2.45) is 0 Å². The van der Waals surface area contributed by atoms with Crippen LogP contribution in [0.2, 0.25) is 0 Å². The van der Waals surface area contributed by atoms with E-state index in [9.17, 15) is 9.59 Å². The van der Waals surface area contributed by atoms with Crippen molar-refractivity contribution >= 4 is 36.0 Å². The third-order valence-corrected chi connectivity index (χ3v) is 4.13. The topological polar surface area (TPSA) is 65.1 Å². The van der Waals surface area contributed by atoms with Gasteiger partial charge < -0.3 is 14.2 Å². The first-order valence-electron chi connectivity index (χ1n) is 5.44. The van der Waals surface area contributed by atoms with Crippen molar-refractivity contribution in [2.75, 3.05) is 26.7 Å². The molecule has 1 aromatic carbocycles. The molecule has 1 rings (SSSR count). The summed E-state index contributed by atoms with van der Waals surface area (Å²) in [6.07, 6.45) is 2.86. The maximum atomic E-state index is 12.0. The highest BCUT2D eigenvalue weighted by molar-refractivity contribution is 8.12. The molecule has 0 aromatic heterocycles. The van der Waals surface area contributed by atoms with Crippen LogP contribution in [0.15, 0.2) is 18.2 Å². The zero-order chi connectivity index (χ0) is 15.1. The Hall–Kier alpha value is -1.54. The molecular weight excluding hydrogens is 302 g/mol. The largest absolute Gasteiger partial charge is 0.493 e. The van der Waals surface area contributed by atoms with E-state index in [0.29, 0.717) is 0 Å². The lowest BCUT2D eigenvalue weighted by molar-refractivity contribution is 0.0597. The quantitative estimate of drug-likeness (QED) is 0.611.